The van der Waals surface area contributed by atoms with Crippen LogP contribution in [-0.4, -0.2) is 31.8 Å². The van der Waals surface area contributed by atoms with Crippen molar-refractivity contribution in [1.82, 2.24) is 0 Å². The number of carbonyl (C=O) groups is 4. The average Bonchev–Trinajstić information content (AvgIpc) is 2.12. The van der Waals surface area contributed by atoms with Gasteiger partial charge >= 0.3 is 8.80 Å². The van der Waals surface area contributed by atoms with Gasteiger partial charge in [0, 0.05) is 27.2 Å². The molecule has 0 radical (unpaired) electrons. The van der Waals surface area contributed by atoms with Gasteiger partial charge in [-0.1, -0.05) is 6.92 Å². The minimum atomic E-state index is -3.97. The predicted molar refractivity (Wildman–Crippen MR) is 69.1 cm³/mol. The fourth-order valence-corrected chi connectivity index (χ4v) is 4.16. The Morgan fingerprint density at radius 3 is 1.47 bits per heavy atom. The Hall–Kier alpha value is -1.35. The van der Waals surface area contributed by atoms with Gasteiger partial charge in [-0.05, 0) is 0 Å². The number of carbonyl (C=O) groups excluding carboxylic acids is 4. The maximum Gasteiger partial charge on any atom is 0.708 e. The van der Waals surface area contributed by atoms with Gasteiger partial charge in [-0.3, -0.25) is 19.2 Å². The van der Waals surface area contributed by atoms with Crippen LogP contribution in [-0.2, 0) is 32.5 Å². The fourth-order valence-electron chi connectivity index (χ4n) is 1.35. The minimum Gasteiger partial charge on any atom is -0.455 e. The van der Waals surface area contributed by atoms with E-state index in [1.165, 1.54) is 6.92 Å². The van der Waals surface area contributed by atoms with E-state index in [9.17, 15) is 19.2 Å². The maximum absolute atomic E-state index is 11.1. The van der Waals surface area contributed by atoms with E-state index in [1.807, 2.05) is 0 Å². The van der Waals surface area contributed by atoms with E-state index >= 15 is 0 Å². The normalized spacial score (nSPS) is 12.3. The molecule has 108 valence electrons. The summed E-state index contributed by atoms with van der Waals surface area (Å²) < 4.78 is 14.8. The molecule has 0 bridgehead atoms. The van der Waals surface area contributed by atoms with Crippen LogP contribution in [0.15, 0.2) is 0 Å². The molecule has 0 aliphatic carbocycles. The van der Waals surface area contributed by atoms with Gasteiger partial charge in [0.15, 0.2) is 5.12 Å². The van der Waals surface area contributed by atoms with Crippen molar-refractivity contribution >= 4 is 44.5 Å². The van der Waals surface area contributed by atoms with Crippen LogP contribution in [0, 0.1) is 0 Å². The second-order valence-electron chi connectivity index (χ2n) is 3.88. The lowest BCUT2D eigenvalue weighted by Gasteiger charge is -2.30. The van der Waals surface area contributed by atoms with Crippen LogP contribution in [0.1, 0.15) is 34.1 Å². The summed E-state index contributed by atoms with van der Waals surface area (Å²) in [6.45, 7) is 4.74. The molecule has 0 saturated heterocycles. The van der Waals surface area contributed by atoms with Crippen molar-refractivity contribution < 1.29 is 32.5 Å². The Balaban J connectivity index is 5.42. The van der Waals surface area contributed by atoms with Crippen LogP contribution < -0.4 is 0 Å². The molecule has 0 aliphatic rings. The highest BCUT2D eigenvalue weighted by Gasteiger charge is 2.57. The van der Waals surface area contributed by atoms with E-state index in [-0.39, 0.29) is 6.42 Å². The van der Waals surface area contributed by atoms with E-state index < -0.39 is 37.4 Å². The maximum atomic E-state index is 11.1. The molecule has 0 fully saturated rings. The summed E-state index contributed by atoms with van der Waals surface area (Å²) in [5, 5.41) is -0.504. The first-order chi connectivity index (χ1) is 8.59. The summed E-state index contributed by atoms with van der Waals surface area (Å²) in [6, 6.07) is 0. The summed E-state index contributed by atoms with van der Waals surface area (Å²) in [5.74, 6) is -2.31. The van der Waals surface area contributed by atoms with Crippen LogP contribution in [0.4, 0.5) is 0 Å². The van der Waals surface area contributed by atoms with Crippen LogP contribution in [0.5, 0.6) is 0 Å². The third kappa shape index (κ3) is 6.39. The molecule has 7 nitrogen and oxygen atoms in total. The number of hydrogen-bond donors (Lipinski definition) is 1. The van der Waals surface area contributed by atoms with E-state index in [0.29, 0.717) is 0 Å². The number of thiol groups is 1. The first-order valence-corrected chi connectivity index (χ1v) is 7.64. The third-order valence-electron chi connectivity index (χ3n) is 1.94. The van der Waals surface area contributed by atoms with Gasteiger partial charge < -0.3 is 13.3 Å². The molecule has 0 saturated carbocycles. The third-order valence-corrected chi connectivity index (χ3v) is 5.25. The zero-order chi connectivity index (χ0) is 15.2. The molecule has 0 aromatic carbocycles. The lowest BCUT2D eigenvalue weighted by atomic mass is 10.4. The molecule has 19 heavy (non-hydrogen) atoms. The summed E-state index contributed by atoms with van der Waals surface area (Å²) in [5.41, 5.74) is -0.769. The van der Waals surface area contributed by atoms with Crippen LogP contribution >= 0.6 is 12.6 Å². The van der Waals surface area contributed by atoms with Gasteiger partial charge in [-0.15, -0.1) is 12.6 Å². The second kappa shape index (κ2) is 7.29. The molecule has 0 N–H and O–H groups in total. The zero-order valence-electron chi connectivity index (χ0n) is 11.1. The van der Waals surface area contributed by atoms with Crippen molar-refractivity contribution in [2.45, 2.75) is 39.7 Å². The first kappa shape index (κ1) is 17.6. The Labute approximate surface area is 117 Å². The summed E-state index contributed by atoms with van der Waals surface area (Å²) in [4.78, 5) is 44.4. The lowest BCUT2D eigenvalue weighted by Crippen LogP contribution is -2.52. The topological polar surface area (TPSA) is 96.0 Å². The standard InChI is InChI=1S/C10H16O7SSi/c1-6(5-10(14)18)19(15-7(2)11,16-8(3)12)17-9(4)13/h6H,5H2,1-4H3,(H,14,18). The molecule has 0 aliphatic heterocycles. The highest BCUT2D eigenvalue weighted by molar-refractivity contribution is 7.96. The molecule has 0 heterocycles. The van der Waals surface area contributed by atoms with Crippen molar-refractivity contribution in [3.8, 4) is 0 Å². The SMILES string of the molecule is CC(=O)O[Si](OC(C)=O)(OC(C)=O)C(C)CC(=O)S. The summed E-state index contributed by atoms with van der Waals surface area (Å²) in [7, 11) is -3.97. The van der Waals surface area contributed by atoms with Crippen molar-refractivity contribution in [2.24, 2.45) is 0 Å². The predicted octanol–water partition coefficient (Wildman–Crippen LogP) is 0.851. The molecule has 0 aromatic heterocycles. The summed E-state index contributed by atoms with van der Waals surface area (Å²) in [6.07, 6.45) is -0.164. The van der Waals surface area contributed by atoms with Gasteiger partial charge in [0.1, 0.15) is 0 Å². The minimum absolute atomic E-state index is 0.164. The van der Waals surface area contributed by atoms with Gasteiger partial charge in [0.05, 0.1) is 5.54 Å². The Kier molecular flexibility index (Phi) is 6.77. The Morgan fingerprint density at radius 1 is 0.947 bits per heavy atom. The van der Waals surface area contributed by atoms with E-state index in [4.69, 9.17) is 13.3 Å². The van der Waals surface area contributed by atoms with Crippen molar-refractivity contribution in [3.63, 3.8) is 0 Å². The van der Waals surface area contributed by atoms with E-state index in [0.717, 1.165) is 20.8 Å². The lowest BCUT2D eigenvalue weighted by molar-refractivity contribution is -0.148. The largest absolute Gasteiger partial charge is 0.708 e. The van der Waals surface area contributed by atoms with E-state index in [2.05, 4.69) is 12.6 Å². The smallest absolute Gasteiger partial charge is 0.455 e. The molecular formula is C10H16O7SSi. The van der Waals surface area contributed by atoms with Crippen molar-refractivity contribution in [1.29, 1.82) is 0 Å². The van der Waals surface area contributed by atoms with E-state index in [1.54, 1.807) is 0 Å². The highest BCUT2D eigenvalue weighted by Crippen LogP contribution is 2.30. The quantitative estimate of drug-likeness (QED) is 0.574. The van der Waals surface area contributed by atoms with Gasteiger partial charge in [0.2, 0.25) is 0 Å². The van der Waals surface area contributed by atoms with Gasteiger partial charge in [0.25, 0.3) is 17.9 Å². The molecule has 0 amide bonds. The monoisotopic (exact) mass is 308 g/mol. The summed E-state index contributed by atoms with van der Waals surface area (Å²) >= 11 is 3.60. The Bertz CT molecular complexity index is 355. The Morgan fingerprint density at radius 2 is 1.26 bits per heavy atom. The molecular weight excluding hydrogens is 292 g/mol. The van der Waals surface area contributed by atoms with Gasteiger partial charge in [-0.25, -0.2) is 0 Å². The highest BCUT2D eigenvalue weighted by atomic mass is 32.1. The molecule has 0 aromatic rings. The van der Waals surface area contributed by atoms with Gasteiger partial charge in [-0.2, -0.15) is 0 Å². The molecule has 1 unspecified atom stereocenters. The van der Waals surface area contributed by atoms with Crippen molar-refractivity contribution in [2.75, 3.05) is 0 Å². The molecule has 0 spiro atoms. The van der Waals surface area contributed by atoms with Crippen LogP contribution in [0.2, 0.25) is 5.54 Å². The number of hydrogen-bond acceptors (Lipinski definition) is 7. The molecule has 1 atom stereocenters. The second-order valence-corrected chi connectivity index (χ2v) is 7.19. The van der Waals surface area contributed by atoms with Crippen molar-refractivity contribution in [3.05, 3.63) is 0 Å². The average molecular weight is 308 g/mol. The molecule has 0 rings (SSSR count). The number of rotatable bonds is 6. The van der Waals surface area contributed by atoms with Crippen LogP contribution in [0.3, 0.4) is 0 Å². The van der Waals surface area contributed by atoms with Crippen LogP contribution in [0.25, 0.3) is 0 Å². The zero-order valence-corrected chi connectivity index (χ0v) is 13.0. The first-order valence-electron chi connectivity index (χ1n) is 5.39. The fraction of sp³-hybridized carbons (Fsp3) is 0.600. The molecule has 9 heteroatoms.